The standard InChI is InChI=1S/C21H35N3O2/c1-17(2)6-5-7-18(3)22-21(25)16-23-12-14-24(15-13-23)19-8-10-20(26-4)11-9-19/h8-11,17-18H,5-7,12-16H2,1-4H3,(H,22,25)/p+1/t18-/m1/s1. The van der Waals surface area contributed by atoms with Crippen LogP contribution < -0.4 is 19.9 Å². The minimum absolute atomic E-state index is 0.190. The van der Waals surface area contributed by atoms with Crippen LogP contribution in [0.5, 0.6) is 5.75 Å². The van der Waals surface area contributed by atoms with Gasteiger partial charge in [-0.25, -0.2) is 0 Å². The van der Waals surface area contributed by atoms with Crippen LogP contribution in [0, 0.1) is 5.92 Å². The van der Waals surface area contributed by atoms with Crippen LogP contribution in [-0.2, 0) is 4.79 Å². The lowest BCUT2D eigenvalue weighted by atomic mass is 10.0. The topological polar surface area (TPSA) is 46.0 Å². The summed E-state index contributed by atoms with van der Waals surface area (Å²) in [4.78, 5) is 16.0. The maximum atomic E-state index is 12.3. The third-order valence-electron chi connectivity index (χ3n) is 5.14. The molecular weight excluding hydrogens is 326 g/mol. The van der Waals surface area contributed by atoms with Crippen molar-refractivity contribution >= 4 is 11.6 Å². The molecule has 1 heterocycles. The van der Waals surface area contributed by atoms with Gasteiger partial charge >= 0.3 is 0 Å². The summed E-state index contributed by atoms with van der Waals surface area (Å²) in [5, 5.41) is 3.17. The number of quaternary nitrogens is 1. The van der Waals surface area contributed by atoms with Crippen molar-refractivity contribution in [2.75, 3.05) is 44.7 Å². The summed E-state index contributed by atoms with van der Waals surface area (Å²) in [7, 11) is 1.69. The van der Waals surface area contributed by atoms with Gasteiger partial charge < -0.3 is 19.9 Å². The number of nitrogens with zero attached hydrogens (tertiary/aromatic N) is 1. The average Bonchev–Trinajstić information content (AvgIpc) is 2.62. The molecule has 0 saturated carbocycles. The van der Waals surface area contributed by atoms with E-state index in [0.29, 0.717) is 6.54 Å². The van der Waals surface area contributed by atoms with E-state index in [1.807, 2.05) is 12.1 Å². The Balaban J connectivity index is 1.68. The zero-order chi connectivity index (χ0) is 18.9. The first-order chi connectivity index (χ1) is 12.5. The molecule has 1 aliphatic rings. The van der Waals surface area contributed by atoms with Crippen molar-refractivity contribution in [2.24, 2.45) is 5.92 Å². The second-order valence-electron chi connectivity index (χ2n) is 7.91. The zero-order valence-electron chi connectivity index (χ0n) is 16.9. The lowest BCUT2D eigenvalue weighted by molar-refractivity contribution is -0.892. The molecule has 1 aromatic carbocycles. The number of amides is 1. The number of nitrogens with one attached hydrogen (secondary N) is 2. The number of carbonyl (C=O) groups is 1. The zero-order valence-corrected chi connectivity index (χ0v) is 16.9. The first-order valence-corrected chi connectivity index (χ1v) is 10.00. The van der Waals surface area contributed by atoms with Gasteiger partial charge in [0, 0.05) is 11.7 Å². The highest BCUT2D eigenvalue weighted by Gasteiger charge is 2.22. The second kappa shape index (κ2) is 10.4. The largest absolute Gasteiger partial charge is 0.497 e. The van der Waals surface area contributed by atoms with Crippen molar-refractivity contribution in [3.8, 4) is 5.75 Å². The van der Waals surface area contributed by atoms with Gasteiger partial charge in [0.1, 0.15) is 5.75 Å². The molecule has 1 aliphatic heterocycles. The number of anilines is 1. The Morgan fingerprint density at radius 3 is 2.38 bits per heavy atom. The van der Waals surface area contributed by atoms with E-state index in [2.05, 4.69) is 43.1 Å². The fourth-order valence-corrected chi connectivity index (χ4v) is 3.51. The molecule has 1 fully saturated rings. The molecule has 1 aromatic rings. The van der Waals surface area contributed by atoms with Crippen molar-refractivity contribution < 1.29 is 14.4 Å². The quantitative estimate of drug-likeness (QED) is 0.703. The number of ether oxygens (including phenoxy) is 1. The van der Waals surface area contributed by atoms with Gasteiger partial charge in [0.15, 0.2) is 6.54 Å². The van der Waals surface area contributed by atoms with E-state index >= 15 is 0 Å². The van der Waals surface area contributed by atoms with Gasteiger partial charge in [0.25, 0.3) is 5.91 Å². The fraction of sp³-hybridized carbons (Fsp3) is 0.667. The molecule has 0 unspecified atom stereocenters. The highest BCUT2D eigenvalue weighted by atomic mass is 16.5. The maximum Gasteiger partial charge on any atom is 0.275 e. The third kappa shape index (κ3) is 6.87. The van der Waals surface area contributed by atoms with Crippen molar-refractivity contribution in [2.45, 2.75) is 46.1 Å². The molecule has 5 heteroatoms. The van der Waals surface area contributed by atoms with Crippen LogP contribution in [-0.4, -0.2) is 51.8 Å². The van der Waals surface area contributed by atoms with E-state index in [1.165, 1.54) is 23.4 Å². The molecule has 1 atom stereocenters. The molecular formula is C21H36N3O2+. The van der Waals surface area contributed by atoms with Crippen LogP contribution in [0.15, 0.2) is 24.3 Å². The van der Waals surface area contributed by atoms with Crippen molar-refractivity contribution in [1.82, 2.24) is 5.32 Å². The van der Waals surface area contributed by atoms with Gasteiger partial charge in [-0.3, -0.25) is 4.79 Å². The Kier molecular flexibility index (Phi) is 8.23. The van der Waals surface area contributed by atoms with Gasteiger partial charge in [-0.15, -0.1) is 0 Å². The molecule has 146 valence electrons. The van der Waals surface area contributed by atoms with Crippen LogP contribution in [0.4, 0.5) is 5.69 Å². The fourth-order valence-electron chi connectivity index (χ4n) is 3.51. The highest BCUT2D eigenvalue weighted by molar-refractivity contribution is 5.77. The van der Waals surface area contributed by atoms with E-state index in [0.717, 1.165) is 44.3 Å². The van der Waals surface area contributed by atoms with Crippen LogP contribution >= 0.6 is 0 Å². The summed E-state index contributed by atoms with van der Waals surface area (Å²) in [6.07, 6.45) is 3.50. The predicted octanol–water partition coefficient (Wildman–Crippen LogP) is 1.73. The van der Waals surface area contributed by atoms with Gasteiger partial charge in [0.2, 0.25) is 0 Å². The number of rotatable bonds is 9. The number of piperazine rings is 1. The molecule has 0 aromatic heterocycles. The molecule has 1 amide bonds. The average molecular weight is 363 g/mol. The Hall–Kier alpha value is -1.75. The third-order valence-corrected chi connectivity index (χ3v) is 5.14. The Morgan fingerprint density at radius 2 is 1.81 bits per heavy atom. The first kappa shape index (κ1) is 20.6. The van der Waals surface area contributed by atoms with Gasteiger partial charge in [0.05, 0.1) is 33.3 Å². The Morgan fingerprint density at radius 1 is 1.15 bits per heavy atom. The number of methoxy groups -OCH3 is 1. The summed E-state index contributed by atoms with van der Waals surface area (Å²) in [5.74, 6) is 1.82. The summed E-state index contributed by atoms with van der Waals surface area (Å²) >= 11 is 0. The number of hydrogen-bond acceptors (Lipinski definition) is 3. The minimum atomic E-state index is 0.190. The molecule has 1 saturated heterocycles. The predicted molar refractivity (Wildman–Crippen MR) is 107 cm³/mol. The van der Waals surface area contributed by atoms with Crippen molar-refractivity contribution in [3.63, 3.8) is 0 Å². The van der Waals surface area contributed by atoms with Crippen LogP contribution in [0.1, 0.15) is 40.0 Å². The van der Waals surface area contributed by atoms with Crippen LogP contribution in [0.25, 0.3) is 0 Å². The van der Waals surface area contributed by atoms with E-state index in [9.17, 15) is 4.79 Å². The summed E-state index contributed by atoms with van der Waals surface area (Å²) in [6, 6.07) is 8.50. The second-order valence-corrected chi connectivity index (χ2v) is 7.91. The summed E-state index contributed by atoms with van der Waals surface area (Å²) in [5.41, 5.74) is 1.23. The van der Waals surface area contributed by atoms with Crippen molar-refractivity contribution in [3.05, 3.63) is 24.3 Å². The number of benzene rings is 1. The Bertz CT molecular complexity index is 537. The van der Waals surface area contributed by atoms with E-state index < -0.39 is 0 Å². The van der Waals surface area contributed by atoms with Gasteiger partial charge in [-0.1, -0.05) is 26.7 Å². The lowest BCUT2D eigenvalue weighted by Crippen LogP contribution is -3.16. The normalized spacial score (nSPS) is 16.6. The molecule has 0 spiro atoms. The molecule has 2 N–H and O–H groups in total. The molecule has 2 rings (SSSR count). The van der Waals surface area contributed by atoms with Crippen LogP contribution in [0.3, 0.4) is 0 Å². The smallest absolute Gasteiger partial charge is 0.275 e. The Labute approximate surface area is 158 Å². The number of hydrogen-bond donors (Lipinski definition) is 2. The summed E-state index contributed by atoms with van der Waals surface area (Å²) < 4.78 is 5.22. The van der Waals surface area contributed by atoms with Gasteiger partial charge in [-0.05, 0) is 43.5 Å². The van der Waals surface area contributed by atoms with E-state index in [4.69, 9.17) is 4.74 Å². The molecule has 0 bridgehead atoms. The number of carbonyl (C=O) groups excluding carboxylic acids is 1. The monoisotopic (exact) mass is 362 g/mol. The van der Waals surface area contributed by atoms with E-state index in [-0.39, 0.29) is 11.9 Å². The van der Waals surface area contributed by atoms with Crippen molar-refractivity contribution in [1.29, 1.82) is 0 Å². The lowest BCUT2D eigenvalue weighted by Gasteiger charge is -2.33. The van der Waals surface area contributed by atoms with Crippen LogP contribution in [0.2, 0.25) is 0 Å². The first-order valence-electron chi connectivity index (χ1n) is 10.00. The SMILES string of the molecule is COc1ccc(N2CC[NH+](CC(=O)N[C@H](C)CCCC(C)C)CC2)cc1. The molecule has 26 heavy (non-hydrogen) atoms. The molecule has 0 radical (unpaired) electrons. The highest BCUT2D eigenvalue weighted by Crippen LogP contribution is 2.18. The minimum Gasteiger partial charge on any atom is -0.497 e. The molecule has 0 aliphatic carbocycles. The summed E-state index contributed by atoms with van der Waals surface area (Å²) in [6.45, 7) is 11.2. The van der Waals surface area contributed by atoms with Gasteiger partial charge in [-0.2, -0.15) is 0 Å². The van der Waals surface area contributed by atoms with E-state index in [1.54, 1.807) is 7.11 Å². The maximum absolute atomic E-state index is 12.3. The molecule has 5 nitrogen and oxygen atoms in total.